The third-order valence-electron chi connectivity index (χ3n) is 12.8. The van der Waals surface area contributed by atoms with Crippen LogP contribution in [-0.2, 0) is 9.53 Å². The SMILES string of the molecule is CC(=O)Oc1cc(-c2ccccc2C)cc(-c2ccccc2C)c1.COC(=O)c1cc(-c2ccccc2C)cc(-c2ccccc2C)c1.Cc1ccccc1-c1cc(C(=O)N(C)C)cc(-c2ccccc2C)c1. The van der Waals surface area contributed by atoms with Crippen molar-refractivity contribution in [1.82, 2.24) is 4.90 Å². The van der Waals surface area contributed by atoms with Crippen molar-refractivity contribution in [1.29, 1.82) is 0 Å². The van der Waals surface area contributed by atoms with Gasteiger partial charge in [-0.25, -0.2) is 4.79 Å². The van der Waals surface area contributed by atoms with Gasteiger partial charge in [-0.15, -0.1) is 0 Å². The van der Waals surface area contributed by atoms with Gasteiger partial charge < -0.3 is 14.4 Å². The van der Waals surface area contributed by atoms with E-state index in [-0.39, 0.29) is 17.8 Å². The van der Waals surface area contributed by atoms with Crippen molar-refractivity contribution in [3.63, 3.8) is 0 Å². The summed E-state index contributed by atoms with van der Waals surface area (Å²) in [6.45, 7) is 13.9. The Morgan fingerprint density at radius 3 is 0.836 bits per heavy atom. The Morgan fingerprint density at radius 1 is 0.356 bits per heavy atom. The molecule has 9 rings (SSSR count). The Balaban J connectivity index is 0.000000160. The van der Waals surface area contributed by atoms with Crippen LogP contribution in [0.3, 0.4) is 0 Å². The van der Waals surface area contributed by atoms with Crippen LogP contribution in [0.15, 0.2) is 200 Å². The smallest absolute Gasteiger partial charge is 0.337 e. The van der Waals surface area contributed by atoms with Gasteiger partial charge >= 0.3 is 11.9 Å². The van der Waals surface area contributed by atoms with Gasteiger partial charge in [0.15, 0.2) is 0 Å². The molecule has 0 bridgehead atoms. The normalized spacial score (nSPS) is 10.5. The second kappa shape index (κ2) is 24.0. The van der Waals surface area contributed by atoms with Crippen LogP contribution in [0.5, 0.6) is 5.75 Å². The fourth-order valence-corrected chi connectivity index (χ4v) is 9.01. The fourth-order valence-electron chi connectivity index (χ4n) is 9.01. The molecule has 0 heterocycles. The van der Waals surface area contributed by atoms with E-state index in [1.165, 1.54) is 47.4 Å². The number of ether oxygens (including phenoxy) is 2. The van der Waals surface area contributed by atoms with Crippen LogP contribution in [0.1, 0.15) is 61.0 Å². The van der Waals surface area contributed by atoms with E-state index in [2.05, 4.69) is 133 Å². The third kappa shape index (κ3) is 13.0. The van der Waals surface area contributed by atoms with E-state index >= 15 is 0 Å². The van der Waals surface area contributed by atoms with Gasteiger partial charge in [0.05, 0.1) is 12.7 Å². The van der Waals surface area contributed by atoms with E-state index in [1.54, 1.807) is 19.0 Å². The number of aryl methyl sites for hydroxylation is 6. The highest BCUT2D eigenvalue weighted by atomic mass is 16.5. The lowest BCUT2D eigenvalue weighted by molar-refractivity contribution is -0.131. The summed E-state index contributed by atoms with van der Waals surface area (Å²) in [5.74, 6) is -0.0419. The maximum absolute atomic E-state index is 12.6. The summed E-state index contributed by atoms with van der Waals surface area (Å²) in [5, 5.41) is 0. The lowest BCUT2D eigenvalue weighted by Crippen LogP contribution is -2.21. The molecule has 0 aliphatic carbocycles. The average Bonchev–Trinajstić information content (AvgIpc) is 3.38. The first-order chi connectivity index (χ1) is 35.1. The van der Waals surface area contributed by atoms with Crippen molar-refractivity contribution in [3.8, 4) is 72.5 Å². The van der Waals surface area contributed by atoms with E-state index in [9.17, 15) is 14.4 Å². The van der Waals surface area contributed by atoms with E-state index in [4.69, 9.17) is 9.47 Å². The first-order valence-electron chi connectivity index (χ1n) is 24.4. The molecule has 0 aromatic heterocycles. The zero-order chi connectivity index (χ0) is 52.2. The van der Waals surface area contributed by atoms with Gasteiger partial charge in [0, 0.05) is 26.6 Å². The molecule has 366 valence electrons. The number of nitrogens with zero attached hydrogens (tertiary/aromatic N) is 1. The predicted octanol–water partition coefficient (Wildman–Crippen LogP) is 16.3. The van der Waals surface area contributed by atoms with E-state index in [0.717, 1.165) is 66.8 Å². The summed E-state index contributed by atoms with van der Waals surface area (Å²) < 4.78 is 10.3. The van der Waals surface area contributed by atoms with Gasteiger partial charge in [-0.1, -0.05) is 146 Å². The average molecular weight is 962 g/mol. The molecular formula is C67H63NO5. The van der Waals surface area contributed by atoms with E-state index < -0.39 is 0 Å². The Kier molecular flexibility index (Phi) is 17.2. The summed E-state index contributed by atoms with van der Waals surface area (Å²) in [7, 11) is 4.99. The first-order valence-corrected chi connectivity index (χ1v) is 24.4. The molecule has 9 aromatic rings. The highest BCUT2D eigenvalue weighted by Gasteiger charge is 2.16. The largest absolute Gasteiger partial charge is 0.465 e. The summed E-state index contributed by atoms with van der Waals surface area (Å²) in [5.41, 5.74) is 21.5. The van der Waals surface area contributed by atoms with Gasteiger partial charge in [-0.3, -0.25) is 9.59 Å². The minimum Gasteiger partial charge on any atom is -0.465 e. The first kappa shape index (κ1) is 52.2. The maximum Gasteiger partial charge on any atom is 0.337 e. The minimum atomic E-state index is -0.319. The Bertz CT molecular complexity index is 3250. The molecule has 0 spiro atoms. The lowest BCUT2D eigenvalue weighted by Gasteiger charge is -2.15. The van der Waals surface area contributed by atoms with Crippen molar-refractivity contribution in [3.05, 3.63) is 245 Å². The Labute approximate surface area is 431 Å². The predicted molar refractivity (Wildman–Crippen MR) is 301 cm³/mol. The second-order valence-electron chi connectivity index (χ2n) is 18.5. The number of esters is 2. The van der Waals surface area contributed by atoms with Gasteiger partial charge in [0.2, 0.25) is 0 Å². The highest BCUT2D eigenvalue weighted by Crippen LogP contribution is 2.36. The zero-order valence-electron chi connectivity index (χ0n) is 43.5. The van der Waals surface area contributed by atoms with Crippen LogP contribution in [0, 0.1) is 41.5 Å². The molecule has 0 aliphatic heterocycles. The molecular weight excluding hydrogens is 899 g/mol. The van der Waals surface area contributed by atoms with Crippen molar-refractivity contribution in [2.24, 2.45) is 0 Å². The van der Waals surface area contributed by atoms with Crippen LogP contribution in [0.2, 0.25) is 0 Å². The van der Waals surface area contributed by atoms with Gasteiger partial charge in [-0.05, 0) is 196 Å². The molecule has 0 aliphatic rings. The molecule has 0 N–H and O–H groups in total. The summed E-state index contributed by atoms with van der Waals surface area (Å²) in [4.78, 5) is 37.8. The quantitative estimate of drug-likeness (QED) is 0.106. The highest BCUT2D eigenvalue weighted by molar-refractivity contribution is 5.97. The van der Waals surface area contributed by atoms with Gasteiger partial charge in [0.1, 0.15) is 5.75 Å². The van der Waals surface area contributed by atoms with Crippen molar-refractivity contribution in [2.75, 3.05) is 21.2 Å². The van der Waals surface area contributed by atoms with Gasteiger partial charge in [0.25, 0.3) is 5.91 Å². The molecule has 0 saturated heterocycles. The number of carbonyl (C=O) groups is 3. The molecule has 6 heteroatoms. The number of carbonyl (C=O) groups excluding carboxylic acids is 3. The summed E-state index contributed by atoms with van der Waals surface area (Å²) in [6, 6.07) is 67.5. The molecule has 0 atom stereocenters. The monoisotopic (exact) mass is 961 g/mol. The number of hydrogen-bond acceptors (Lipinski definition) is 5. The third-order valence-corrected chi connectivity index (χ3v) is 12.8. The standard InChI is InChI=1S/C23H23NO.2C22H20O2/c1-16-9-5-7-11-21(16)18-13-19(22-12-8-6-10-17(22)2)15-20(14-18)23(25)24(3)4;1-15-8-4-6-10-20(15)17-12-18(14-19(13-17)22(23)24-3)21-11-7-5-9-16(21)2;1-15-8-4-6-10-21(15)18-12-19(14-20(13-18)24-17(3)23)22-11-7-5-9-16(22)2/h5-15H,1-4H3;2*4-14H,1-3H3. The van der Waals surface area contributed by atoms with Crippen LogP contribution in [0.4, 0.5) is 0 Å². The molecule has 9 aromatic carbocycles. The lowest BCUT2D eigenvalue weighted by atomic mass is 9.92. The van der Waals surface area contributed by atoms with Crippen molar-refractivity contribution < 1.29 is 23.9 Å². The van der Waals surface area contributed by atoms with Gasteiger partial charge in [-0.2, -0.15) is 0 Å². The molecule has 0 unspecified atom stereocenters. The number of hydrogen-bond donors (Lipinski definition) is 0. The topological polar surface area (TPSA) is 72.9 Å². The van der Waals surface area contributed by atoms with Crippen LogP contribution >= 0.6 is 0 Å². The van der Waals surface area contributed by atoms with E-state index in [0.29, 0.717) is 16.9 Å². The van der Waals surface area contributed by atoms with Crippen LogP contribution < -0.4 is 4.74 Å². The molecule has 0 saturated carbocycles. The Morgan fingerprint density at radius 2 is 0.603 bits per heavy atom. The minimum absolute atomic E-state index is 0.0188. The van der Waals surface area contributed by atoms with Crippen molar-refractivity contribution >= 4 is 17.8 Å². The Hall–Kier alpha value is -8.61. The van der Waals surface area contributed by atoms with E-state index in [1.807, 2.05) is 109 Å². The summed E-state index contributed by atoms with van der Waals surface area (Å²) >= 11 is 0. The van der Waals surface area contributed by atoms with Crippen molar-refractivity contribution in [2.45, 2.75) is 48.5 Å². The number of methoxy groups -OCH3 is 1. The van der Waals surface area contributed by atoms with Crippen LogP contribution in [-0.4, -0.2) is 44.0 Å². The number of rotatable bonds is 9. The maximum atomic E-state index is 12.6. The number of benzene rings is 9. The number of amides is 1. The molecule has 0 fully saturated rings. The molecule has 6 nitrogen and oxygen atoms in total. The fraction of sp³-hybridized carbons (Fsp3) is 0.149. The van der Waals surface area contributed by atoms with Crippen LogP contribution in [0.25, 0.3) is 66.8 Å². The molecule has 0 radical (unpaired) electrons. The molecule has 73 heavy (non-hydrogen) atoms. The second-order valence-corrected chi connectivity index (χ2v) is 18.5. The zero-order valence-corrected chi connectivity index (χ0v) is 43.5. The summed E-state index contributed by atoms with van der Waals surface area (Å²) in [6.07, 6.45) is 0. The molecule has 1 amide bonds.